The summed E-state index contributed by atoms with van der Waals surface area (Å²) in [5.74, 6) is 0.0131. The third kappa shape index (κ3) is 4.60. The van der Waals surface area contributed by atoms with Crippen molar-refractivity contribution in [3.05, 3.63) is 40.5 Å². The standard InChI is InChI=1S/C17H20BrN3O4/c1-10(2)21-15(7-8-19-21)20-16(22)11(3)25-17(23)13-9-12(24-4)5-6-14(13)18/h5-11H,1-4H3,(H,20,22)/t11-/m0/s1. The van der Waals surface area contributed by atoms with Crippen molar-refractivity contribution >= 4 is 33.6 Å². The van der Waals surface area contributed by atoms with E-state index in [4.69, 9.17) is 9.47 Å². The van der Waals surface area contributed by atoms with Gasteiger partial charge in [-0.3, -0.25) is 4.79 Å². The number of nitrogens with one attached hydrogen (secondary N) is 1. The molecule has 1 aromatic carbocycles. The molecule has 0 aliphatic rings. The largest absolute Gasteiger partial charge is 0.497 e. The average molecular weight is 410 g/mol. The maximum Gasteiger partial charge on any atom is 0.340 e. The van der Waals surface area contributed by atoms with Crippen LogP contribution >= 0.6 is 15.9 Å². The number of hydrogen-bond donors (Lipinski definition) is 1. The Kier molecular flexibility index (Phi) is 6.19. The normalized spacial score (nSPS) is 11.9. The molecule has 0 aliphatic heterocycles. The molecule has 0 fully saturated rings. The first-order valence-corrected chi connectivity index (χ1v) is 8.51. The van der Waals surface area contributed by atoms with Gasteiger partial charge in [0.1, 0.15) is 11.6 Å². The molecule has 8 heteroatoms. The van der Waals surface area contributed by atoms with Crippen LogP contribution in [-0.2, 0) is 9.53 Å². The number of ether oxygens (including phenoxy) is 2. The van der Waals surface area contributed by atoms with Crippen LogP contribution in [0.25, 0.3) is 0 Å². The summed E-state index contributed by atoms with van der Waals surface area (Å²) in [5.41, 5.74) is 0.284. The molecule has 0 saturated heterocycles. The molecule has 1 aromatic heterocycles. The summed E-state index contributed by atoms with van der Waals surface area (Å²) in [4.78, 5) is 24.6. The third-order valence-electron chi connectivity index (χ3n) is 3.46. The smallest absolute Gasteiger partial charge is 0.340 e. The number of methoxy groups -OCH3 is 1. The Morgan fingerprint density at radius 3 is 2.60 bits per heavy atom. The zero-order valence-corrected chi connectivity index (χ0v) is 16.0. The summed E-state index contributed by atoms with van der Waals surface area (Å²) >= 11 is 3.29. The fraction of sp³-hybridized carbons (Fsp3) is 0.353. The number of rotatable bonds is 6. The summed E-state index contributed by atoms with van der Waals surface area (Å²) < 4.78 is 12.6. The zero-order chi connectivity index (χ0) is 18.6. The van der Waals surface area contributed by atoms with Crippen molar-refractivity contribution in [2.45, 2.75) is 32.9 Å². The molecular weight excluding hydrogens is 390 g/mol. The monoisotopic (exact) mass is 409 g/mol. The van der Waals surface area contributed by atoms with Crippen molar-refractivity contribution in [3.8, 4) is 5.75 Å². The van der Waals surface area contributed by atoms with Crippen molar-refractivity contribution < 1.29 is 19.1 Å². The molecule has 1 atom stereocenters. The summed E-state index contributed by atoms with van der Waals surface area (Å²) in [7, 11) is 1.51. The Hall–Kier alpha value is -2.35. The first-order valence-electron chi connectivity index (χ1n) is 7.72. The average Bonchev–Trinajstić information content (AvgIpc) is 3.03. The highest BCUT2D eigenvalue weighted by Gasteiger charge is 2.22. The molecule has 0 bridgehead atoms. The van der Waals surface area contributed by atoms with Gasteiger partial charge in [0.15, 0.2) is 6.10 Å². The van der Waals surface area contributed by atoms with Gasteiger partial charge >= 0.3 is 5.97 Å². The molecule has 0 spiro atoms. The molecule has 0 radical (unpaired) electrons. The van der Waals surface area contributed by atoms with E-state index in [1.165, 1.54) is 14.0 Å². The number of esters is 1. The topological polar surface area (TPSA) is 82.4 Å². The van der Waals surface area contributed by atoms with Gasteiger partial charge in [-0.1, -0.05) is 0 Å². The van der Waals surface area contributed by atoms with Gasteiger partial charge < -0.3 is 14.8 Å². The van der Waals surface area contributed by atoms with E-state index in [0.29, 0.717) is 16.0 Å². The van der Waals surface area contributed by atoms with Crippen molar-refractivity contribution in [1.29, 1.82) is 0 Å². The Morgan fingerprint density at radius 1 is 1.24 bits per heavy atom. The summed E-state index contributed by atoms with van der Waals surface area (Å²) in [6.07, 6.45) is 0.626. The molecule has 7 nitrogen and oxygen atoms in total. The lowest BCUT2D eigenvalue weighted by Gasteiger charge is -2.16. The number of benzene rings is 1. The van der Waals surface area contributed by atoms with Gasteiger partial charge in [0.2, 0.25) is 0 Å². The molecular formula is C17H20BrN3O4. The van der Waals surface area contributed by atoms with Gasteiger partial charge in [-0.05, 0) is 54.9 Å². The van der Waals surface area contributed by atoms with Gasteiger partial charge in [0.05, 0.1) is 18.9 Å². The van der Waals surface area contributed by atoms with Crippen molar-refractivity contribution in [3.63, 3.8) is 0 Å². The van der Waals surface area contributed by atoms with Crippen molar-refractivity contribution in [2.24, 2.45) is 0 Å². The Labute approximate surface area is 154 Å². The van der Waals surface area contributed by atoms with Crippen LogP contribution < -0.4 is 10.1 Å². The SMILES string of the molecule is COc1ccc(Br)c(C(=O)O[C@@H](C)C(=O)Nc2ccnn2C(C)C)c1. The molecule has 0 aliphatic carbocycles. The van der Waals surface area contributed by atoms with Gasteiger partial charge in [-0.15, -0.1) is 0 Å². The fourth-order valence-corrected chi connectivity index (χ4v) is 2.53. The van der Waals surface area contributed by atoms with Crippen molar-refractivity contribution in [1.82, 2.24) is 9.78 Å². The van der Waals surface area contributed by atoms with E-state index in [1.807, 2.05) is 13.8 Å². The number of amides is 1. The summed E-state index contributed by atoms with van der Waals surface area (Å²) in [6, 6.07) is 6.72. The minimum absolute atomic E-state index is 0.0934. The quantitative estimate of drug-likeness (QED) is 0.738. The van der Waals surface area contributed by atoms with Gasteiger partial charge in [-0.25, -0.2) is 9.48 Å². The van der Waals surface area contributed by atoms with E-state index in [0.717, 1.165) is 0 Å². The number of halogens is 1. The third-order valence-corrected chi connectivity index (χ3v) is 4.15. The summed E-state index contributed by atoms with van der Waals surface area (Å²) in [5, 5.41) is 6.85. The minimum Gasteiger partial charge on any atom is -0.497 e. The number of carbonyl (C=O) groups is 2. The van der Waals surface area contributed by atoms with E-state index >= 15 is 0 Å². The predicted molar refractivity (Wildman–Crippen MR) is 96.8 cm³/mol. The van der Waals surface area contributed by atoms with Crippen LogP contribution in [0.5, 0.6) is 5.75 Å². The number of nitrogens with zero attached hydrogens (tertiary/aromatic N) is 2. The molecule has 1 heterocycles. The molecule has 1 N–H and O–H groups in total. The highest BCUT2D eigenvalue weighted by atomic mass is 79.9. The minimum atomic E-state index is -0.971. The van der Waals surface area contributed by atoms with Crippen LogP contribution in [0.1, 0.15) is 37.2 Å². The van der Waals surface area contributed by atoms with Crippen LogP contribution in [0.15, 0.2) is 34.9 Å². The lowest BCUT2D eigenvalue weighted by Crippen LogP contribution is -2.31. The van der Waals surface area contributed by atoms with Crippen LogP contribution in [0.4, 0.5) is 5.82 Å². The second kappa shape index (κ2) is 8.15. The number of anilines is 1. The first kappa shape index (κ1) is 19.0. The predicted octanol–water partition coefficient (Wildman–Crippen LogP) is 3.42. The molecule has 2 aromatic rings. The first-order chi connectivity index (χ1) is 11.8. The highest BCUT2D eigenvalue weighted by Crippen LogP contribution is 2.23. The Bertz CT molecular complexity index is 773. The lowest BCUT2D eigenvalue weighted by molar-refractivity contribution is -0.123. The number of carbonyl (C=O) groups excluding carboxylic acids is 2. The van der Waals surface area contributed by atoms with E-state index in [1.54, 1.807) is 35.1 Å². The lowest BCUT2D eigenvalue weighted by atomic mass is 10.2. The maximum absolute atomic E-state index is 12.3. The second-order valence-electron chi connectivity index (χ2n) is 5.64. The second-order valence-corrected chi connectivity index (χ2v) is 6.49. The molecule has 0 unspecified atom stereocenters. The van der Waals surface area contributed by atoms with Crippen LogP contribution in [0.3, 0.4) is 0 Å². The van der Waals surface area contributed by atoms with Crippen LogP contribution in [0.2, 0.25) is 0 Å². The number of hydrogen-bond acceptors (Lipinski definition) is 5. The van der Waals surface area contributed by atoms with Crippen LogP contribution in [0, 0.1) is 0 Å². The Balaban J connectivity index is 2.06. The van der Waals surface area contributed by atoms with E-state index in [2.05, 4.69) is 26.3 Å². The van der Waals surface area contributed by atoms with Gasteiger partial charge in [-0.2, -0.15) is 5.10 Å². The maximum atomic E-state index is 12.3. The van der Waals surface area contributed by atoms with E-state index in [9.17, 15) is 9.59 Å². The van der Waals surface area contributed by atoms with Gasteiger partial charge in [0.25, 0.3) is 5.91 Å². The van der Waals surface area contributed by atoms with Gasteiger partial charge in [0, 0.05) is 16.6 Å². The highest BCUT2D eigenvalue weighted by molar-refractivity contribution is 9.10. The molecule has 2 rings (SSSR count). The fourth-order valence-electron chi connectivity index (χ4n) is 2.12. The van der Waals surface area contributed by atoms with Crippen molar-refractivity contribution in [2.75, 3.05) is 12.4 Å². The molecule has 0 saturated carbocycles. The van der Waals surface area contributed by atoms with Crippen LogP contribution in [-0.4, -0.2) is 34.9 Å². The molecule has 25 heavy (non-hydrogen) atoms. The molecule has 134 valence electrons. The Morgan fingerprint density at radius 2 is 1.96 bits per heavy atom. The number of aromatic nitrogens is 2. The molecule has 1 amide bonds. The van der Waals surface area contributed by atoms with E-state index < -0.39 is 18.0 Å². The van der Waals surface area contributed by atoms with E-state index in [-0.39, 0.29) is 11.6 Å². The zero-order valence-electron chi connectivity index (χ0n) is 14.4. The summed E-state index contributed by atoms with van der Waals surface area (Å²) in [6.45, 7) is 5.41.